The highest BCUT2D eigenvalue weighted by molar-refractivity contribution is 6.39. The molecule has 1 atom stereocenters. The van der Waals surface area contributed by atoms with Crippen LogP contribution in [0.3, 0.4) is 0 Å². The first-order chi connectivity index (χ1) is 12.5. The summed E-state index contributed by atoms with van der Waals surface area (Å²) in [5.74, 6) is 1.53. The lowest BCUT2D eigenvalue weighted by Crippen LogP contribution is -1.95. The van der Waals surface area contributed by atoms with Crippen molar-refractivity contribution in [3.63, 3.8) is 0 Å². The van der Waals surface area contributed by atoms with Gasteiger partial charge in [0.15, 0.2) is 0 Å². The standard InChI is InChI=1S/C21H16Cl3NO/c1-14(21-19(23)11-16(22)12-20(21)24)25-13-15-6-5-9-18(10-15)26-17-7-3-2-4-8-17/h2-14H,1H3. The van der Waals surface area contributed by atoms with Crippen molar-refractivity contribution in [2.24, 2.45) is 4.99 Å². The van der Waals surface area contributed by atoms with Crippen LogP contribution < -0.4 is 4.74 Å². The Hall–Kier alpha value is -2.00. The molecular weight excluding hydrogens is 389 g/mol. The molecule has 0 spiro atoms. The number of para-hydroxylation sites is 1. The molecule has 2 nitrogen and oxygen atoms in total. The maximum atomic E-state index is 6.26. The summed E-state index contributed by atoms with van der Waals surface area (Å²) in [4.78, 5) is 4.57. The summed E-state index contributed by atoms with van der Waals surface area (Å²) in [5, 5.41) is 1.52. The van der Waals surface area contributed by atoms with Gasteiger partial charge < -0.3 is 4.74 Å². The molecule has 3 aromatic carbocycles. The van der Waals surface area contributed by atoms with Crippen LogP contribution in [0.2, 0.25) is 15.1 Å². The molecule has 0 aromatic heterocycles. The molecule has 0 N–H and O–H groups in total. The molecule has 0 heterocycles. The summed E-state index contributed by atoms with van der Waals surface area (Å²) in [6, 6.07) is 20.5. The zero-order valence-electron chi connectivity index (χ0n) is 14.0. The van der Waals surface area contributed by atoms with Crippen LogP contribution in [0.4, 0.5) is 0 Å². The Morgan fingerprint density at radius 3 is 2.19 bits per heavy atom. The van der Waals surface area contributed by atoms with E-state index < -0.39 is 0 Å². The van der Waals surface area contributed by atoms with E-state index in [1.54, 1.807) is 18.3 Å². The summed E-state index contributed by atoms with van der Waals surface area (Å²) in [6.07, 6.45) is 1.78. The van der Waals surface area contributed by atoms with E-state index in [9.17, 15) is 0 Å². The molecule has 5 heteroatoms. The second-order valence-corrected chi connectivity index (χ2v) is 6.98. The van der Waals surface area contributed by atoms with Crippen molar-refractivity contribution < 1.29 is 4.74 Å². The van der Waals surface area contributed by atoms with Crippen molar-refractivity contribution in [3.8, 4) is 11.5 Å². The average molecular weight is 405 g/mol. The first-order valence-corrected chi connectivity index (χ1v) is 9.17. The first-order valence-electron chi connectivity index (χ1n) is 8.03. The third kappa shape index (κ3) is 4.79. The molecule has 3 rings (SSSR count). The lowest BCUT2D eigenvalue weighted by molar-refractivity contribution is 0.482. The number of rotatable bonds is 5. The first kappa shape index (κ1) is 18.8. The summed E-state index contributed by atoms with van der Waals surface area (Å²) in [6.45, 7) is 1.93. The van der Waals surface area contributed by atoms with Crippen molar-refractivity contribution in [1.29, 1.82) is 0 Å². The van der Waals surface area contributed by atoms with E-state index in [2.05, 4.69) is 4.99 Å². The topological polar surface area (TPSA) is 21.6 Å². The quantitative estimate of drug-likeness (QED) is 0.401. The molecule has 1 unspecified atom stereocenters. The third-order valence-corrected chi connectivity index (χ3v) is 4.59. The Morgan fingerprint density at radius 2 is 1.50 bits per heavy atom. The van der Waals surface area contributed by atoms with Crippen LogP contribution in [-0.2, 0) is 0 Å². The van der Waals surface area contributed by atoms with E-state index in [1.807, 2.05) is 61.5 Å². The minimum absolute atomic E-state index is 0.203. The third-order valence-electron chi connectivity index (χ3n) is 3.75. The Bertz CT molecular complexity index is 903. The van der Waals surface area contributed by atoms with Gasteiger partial charge in [0.25, 0.3) is 0 Å². The monoisotopic (exact) mass is 403 g/mol. The molecule has 0 bridgehead atoms. The molecule has 0 aliphatic rings. The van der Waals surface area contributed by atoms with Crippen molar-refractivity contribution in [2.75, 3.05) is 0 Å². The summed E-state index contributed by atoms with van der Waals surface area (Å²) < 4.78 is 5.84. The van der Waals surface area contributed by atoms with Gasteiger partial charge >= 0.3 is 0 Å². The number of halogens is 3. The minimum Gasteiger partial charge on any atom is -0.457 e. The number of benzene rings is 3. The van der Waals surface area contributed by atoms with Gasteiger partial charge in [-0.1, -0.05) is 65.1 Å². The largest absolute Gasteiger partial charge is 0.457 e. The van der Waals surface area contributed by atoms with E-state index in [-0.39, 0.29) is 6.04 Å². The van der Waals surface area contributed by atoms with Gasteiger partial charge in [-0.25, -0.2) is 0 Å². The van der Waals surface area contributed by atoms with E-state index in [1.165, 1.54) is 0 Å². The zero-order valence-corrected chi connectivity index (χ0v) is 16.3. The Labute approximate surface area is 168 Å². The Morgan fingerprint density at radius 1 is 0.846 bits per heavy atom. The van der Waals surface area contributed by atoms with E-state index >= 15 is 0 Å². The van der Waals surface area contributed by atoms with Gasteiger partial charge in [-0.2, -0.15) is 0 Å². The molecule has 0 aliphatic carbocycles. The SMILES string of the molecule is CC(N=Cc1cccc(Oc2ccccc2)c1)c1c(Cl)cc(Cl)cc1Cl. The Kier molecular flexibility index (Phi) is 6.20. The molecule has 0 amide bonds. The lowest BCUT2D eigenvalue weighted by Gasteiger charge is -2.12. The molecule has 132 valence electrons. The zero-order chi connectivity index (χ0) is 18.5. The fourth-order valence-electron chi connectivity index (χ4n) is 2.51. The highest BCUT2D eigenvalue weighted by Gasteiger charge is 2.13. The van der Waals surface area contributed by atoms with Crippen LogP contribution in [0.25, 0.3) is 0 Å². The number of aliphatic imine (C=N–C) groups is 1. The molecule has 0 saturated heterocycles. The summed E-state index contributed by atoms with van der Waals surface area (Å²) in [7, 11) is 0. The van der Waals surface area contributed by atoms with Crippen LogP contribution in [0.15, 0.2) is 71.7 Å². The molecule has 0 radical (unpaired) electrons. The lowest BCUT2D eigenvalue weighted by atomic mass is 10.1. The van der Waals surface area contributed by atoms with Crippen molar-refractivity contribution in [3.05, 3.63) is 92.9 Å². The van der Waals surface area contributed by atoms with Gasteiger partial charge in [0.1, 0.15) is 11.5 Å². The molecule has 3 aromatic rings. The van der Waals surface area contributed by atoms with E-state index in [4.69, 9.17) is 39.5 Å². The van der Waals surface area contributed by atoms with Crippen LogP contribution in [0, 0.1) is 0 Å². The van der Waals surface area contributed by atoms with Gasteiger partial charge in [-0.3, -0.25) is 4.99 Å². The average Bonchev–Trinajstić information content (AvgIpc) is 2.60. The van der Waals surface area contributed by atoms with Gasteiger partial charge in [-0.15, -0.1) is 0 Å². The van der Waals surface area contributed by atoms with Gasteiger partial charge in [0.2, 0.25) is 0 Å². The number of nitrogens with zero attached hydrogens (tertiary/aromatic N) is 1. The smallest absolute Gasteiger partial charge is 0.128 e. The number of hydrogen-bond donors (Lipinski definition) is 0. The molecule has 0 fully saturated rings. The fourth-order valence-corrected chi connectivity index (χ4v) is 3.64. The molecule has 0 saturated carbocycles. The van der Waals surface area contributed by atoms with Gasteiger partial charge in [0, 0.05) is 26.8 Å². The highest BCUT2D eigenvalue weighted by atomic mass is 35.5. The fraction of sp³-hybridized carbons (Fsp3) is 0.0952. The van der Waals surface area contributed by atoms with Gasteiger partial charge in [0.05, 0.1) is 6.04 Å². The second-order valence-electron chi connectivity index (χ2n) is 5.72. The van der Waals surface area contributed by atoms with Gasteiger partial charge in [-0.05, 0) is 48.9 Å². The summed E-state index contributed by atoms with van der Waals surface area (Å²) in [5.41, 5.74) is 1.68. The second kappa shape index (κ2) is 8.59. The number of hydrogen-bond acceptors (Lipinski definition) is 2. The number of ether oxygens (including phenoxy) is 1. The van der Waals surface area contributed by atoms with Crippen molar-refractivity contribution in [2.45, 2.75) is 13.0 Å². The van der Waals surface area contributed by atoms with Crippen LogP contribution in [0.5, 0.6) is 11.5 Å². The van der Waals surface area contributed by atoms with Crippen LogP contribution in [-0.4, -0.2) is 6.21 Å². The predicted molar refractivity (Wildman–Crippen MR) is 110 cm³/mol. The molecule has 26 heavy (non-hydrogen) atoms. The maximum Gasteiger partial charge on any atom is 0.128 e. The van der Waals surface area contributed by atoms with Crippen molar-refractivity contribution >= 4 is 41.0 Å². The molecular formula is C21H16Cl3NO. The van der Waals surface area contributed by atoms with Crippen LogP contribution in [0.1, 0.15) is 24.1 Å². The maximum absolute atomic E-state index is 6.26. The van der Waals surface area contributed by atoms with Crippen molar-refractivity contribution in [1.82, 2.24) is 0 Å². The summed E-state index contributed by atoms with van der Waals surface area (Å²) >= 11 is 18.5. The van der Waals surface area contributed by atoms with Crippen LogP contribution >= 0.6 is 34.8 Å². The normalized spacial score (nSPS) is 12.3. The van der Waals surface area contributed by atoms with E-state index in [0.717, 1.165) is 22.6 Å². The highest BCUT2D eigenvalue weighted by Crippen LogP contribution is 2.35. The Balaban J connectivity index is 1.77. The minimum atomic E-state index is -0.203. The molecule has 0 aliphatic heterocycles. The van der Waals surface area contributed by atoms with E-state index in [0.29, 0.717) is 15.1 Å². The predicted octanol–water partition coefficient (Wildman–Crippen LogP) is 7.62.